The SMILES string of the molecule is Cc1ccc(Nc2ccc3ncn(-c4ccc(C(C)O)c(C(C)CCCC5(C#N)CC5)n4)c3c2)nc1. The first-order valence-corrected chi connectivity index (χ1v) is 12.6. The second-order valence-electron chi connectivity index (χ2n) is 10.2. The molecule has 1 aliphatic rings. The molecule has 4 aromatic rings. The number of hydrogen-bond acceptors (Lipinski definition) is 6. The van der Waals surface area contributed by atoms with Gasteiger partial charge in [-0.2, -0.15) is 5.26 Å². The molecule has 1 aliphatic carbocycles. The maximum Gasteiger partial charge on any atom is 0.138 e. The Morgan fingerprint density at radius 2 is 1.97 bits per heavy atom. The number of pyridine rings is 2. The van der Waals surface area contributed by atoms with Crippen molar-refractivity contribution in [2.45, 2.75) is 64.9 Å². The van der Waals surface area contributed by atoms with E-state index in [1.54, 1.807) is 13.3 Å². The lowest BCUT2D eigenvalue weighted by Gasteiger charge is -2.19. The molecule has 36 heavy (non-hydrogen) atoms. The molecule has 184 valence electrons. The van der Waals surface area contributed by atoms with E-state index in [0.717, 1.165) is 77.3 Å². The van der Waals surface area contributed by atoms with Crippen molar-refractivity contribution in [1.29, 1.82) is 5.26 Å². The van der Waals surface area contributed by atoms with Crippen molar-refractivity contribution in [2.75, 3.05) is 5.32 Å². The van der Waals surface area contributed by atoms with Crippen molar-refractivity contribution in [3.8, 4) is 11.9 Å². The minimum Gasteiger partial charge on any atom is -0.389 e. The van der Waals surface area contributed by atoms with E-state index >= 15 is 0 Å². The number of rotatable bonds is 9. The van der Waals surface area contributed by atoms with Gasteiger partial charge in [-0.15, -0.1) is 0 Å². The molecule has 0 spiro atoms. The number of aryl methyl sites for hydroxylation is 1. The molecular weight excluding hydrogens is 448 g/mol. The van der Waals surface area contributed by atoms with E-state index < -0.39 is 6.10 Å². The highest BCUT2D eigenvalue weighted by Crippen LogP contribution is 2.49. The third-order valence-electron chi connectivity index (χ3n) is 7.22. The Morgan fingerprint density at radius 3 is 2.67 bits per heavy atom. The summed E-state index contributed by atoms with van der Waals surface area (Å²) in [6.07, 6.45) is 7.93. The van der Waals surface area contributed by atoms with Gasteiger partial charge in [-0.1, -0.05) is 25.5 Å². The third kappa shape index (κ3) is 4.95. The molecule has 3 aromatic heterocycles. The van der Waals surface area contributed by atoms with Gasteiger partial charge in [-0.25, -0.2) is 15.0 Å². The monoisotopic (exact) mass is 480 g/mol. The zero-order valence-electron chi connectivity index (χ0n) is 21.1. The van der Waals surface area contributed by atoms with Crippen LogP contribution in [0.2, 0.25) is 0 Å². The van der Waals surface area contributed by atoms with Gasteiger partial charge in [-0.3, -0.25) is 4.57 Å². The maximum absolute atomic E-state index is 10.4. The Labute approximate surface area is 211 Å². The van der Waals surface area contributed by atoms with Crippen LogP contribution in [0.3, 0.4) is 0 Å². The average molecular weight is 481 g/mol. The number of benzene rings is 1. The van der Waals surface area contributed by atoms with Crippen molar-refractivity contribution in [1.82, 2.24) is 19.5 Å². The zero-order chi connectivity index (χ0) is 25.3. The molecular formula is C29H32N6O. The summed E-state index contributed by atoms with van der Waals surface area (Å²) < 4.78 is 1.99. The minimum atomic E-state index is -0.602. The van der Waals surface area contributed by atoms with Crippen LogP contribution >= 0.6 is 0 Å². The molecule has 1 fully saturated rings. The fraction of sp³-hybridized carbons (Fsp3) is 0.379. The summed E-state index contributed by atoms with van der Waals surface area (Å²) in [5, 5.41) is 23.2. The quantitative estimate of drug-likeness (QED) is 0.284. The van der Waals surface area contributed by atoms with Crippen LogP contribution in [0.1, 0.15) is 74.8 Å². The summed E-state index contributed by atoms with van der Waals surface area (Å²) in [5.41, 5.74) is 5.52. The standard InChI is InChI=1S/C29H32N6O/c1-19-6-10-26(31-16-19)33-22-7-9-24-25(15-22)35(18-32-24)27-11-8-23(21(3)36)28(34-27)20(2)5-4-12-29(17-30)13-14-29/h6-11,15-16,18,20-21,36H,4-5,12-14H2,1-3H3,(H,31,33). The third-order valence-corrected chi connectivity index (χ3v) is 7.22. The average Bonchev–Trinajstić information content (AvgIpc) is 3.54. The van der Waals surface area contributed by atoms with Gasteiger partial charge in [0.25, 0.3) is 0 Å². The molecule has 5 rings (SSSR count). The molecule has 3 heterocycles. The van der Waals surface area contributed by atoms with Crippen LogP contribution in [0, 0.1) is 23.7 Å². The largest absolute Gasteiger partial charge is 0.389 e. The van der Waals surface area contributed by atoms with Crippen molar-refractivity contribution < 1.29 is 5.11 Å². The summed E-state index contributed by atoms with van der Waals surface area (Å²) >= 11 is 0. The van der Waals surface area contributed by atoms with Crippen molar-refractivity contribution in [2.24, 2.45) is 5.41 Å². The second-order valence-corrected chi connectivity index (χ2v) is 10.2. The Kier molecular flexibility index (Phi) is 6.46. The van der Waals surface area contributed by atoms with Crippen molar-refractivity contribution in [3.63, 3.8) is 0 Å². The molecule has 7 nitrogen and oxygen atoms in total. The van der Waals surface area contributed by atoms with Gasteiger partial charge in [0.05, 0.1) is 34.3 Å². The van der Waals surface area contributed by atoms with Gasteiger partial charge in [0.2, 0.25) is 0 Å². The molecule has 0 aliphatic heterocycles. The number of imidazole rings is 1. The molecule has 2 N–H and O–H groups in total. The van der Waals surface area contributed by atoms with E-state index in [1.807, 2.05) is 60.2 Å². The normalized spacial score (nSPS) is 15.9. The van der Waals surface area contributed by atoms with Gasteiger partial charge in [0.1, 0.15) is 18.0 Å². The number of aliphatic hydroxyl groups excluding tert-OH is 1. The van der Waals surface area contributed by atoms with Gasteiger partial charge < -0.3 is 10.4 Å². The molecule has 0 saturated heterocycles. The zero-order valence-corrected chi connectivity index (χ0v) is 21.1. The first-order chi connectivity index (χ1) is 17.4. The van der Waals surface area contributed by atoms with Crippen LogP contribution in [0.25, 0.3) is 16.9 Å². The number of nitriles is 1. The first-order valence-electron chi connectivity index (χ1n) is 12.6. The lowest BCUT2D eigenvalue weighted by molar-refractivity contribution is 0.197. The molecule has 0 radical (unpaired) electrons. The van der Waals surface area contributed by atoms with Crippen LogP contribution in [-0.4, -0.2) is 24.6 Å². The van der Waals surface area contributed by atoms with Crippen LogP contribution in [0.4, 0.5) is 11.5 Å². The smallest absolute Gasteiger partial charge is 0.138 e. The molecule has 1 saturated carbocycles. The lowest BCUT2D eigenvalue weighted by Crippen LogP contribution is -2.09. The Bertz CT molecular complexity index is 1410. The number of nitrogens with zero attached hydrogens (tertiary/aromatic N) is 5. The Hall–Kier alpha value is -3.76. The maximum atomic E-state index is 10.4. The van der Waals surface area contributed by atoms with Gasteiger partial charge in [-0.05, 0) is 81.3 Å². The fourth-order valence-corrected chi connectivity index (χ4v) is 4.77. The fourth-order valence-electron chi connectivity index (χ4n) is 4.77. The van der Waals surface area contributed by atoms with E-state index in [4.69, 9.17) is 4.98 Å². The van der Waals surface area contributed by atoms with Crippen LogP contribution in [0.5, 0.6) is 0 Å². The van der Waals surface area contributed by atoms with Gasteiger partial charge >= 0.3 is 0 Å². The molecule has 0 amide bonds. The summed E-state index contributed by atoms with van der Waals surface area (Å²) in [6.45, 7) is 5.96. The number of aliphatic hydroxyl groups is 1. The summed E-state index contributed by atoms with van der Waals surface area (Å²) in [7, 11) is 0. The predicted octanol–water partition coefficient (Wildman–Crippen LogP) is 6.50. The minimum absolute atomic E-state index is 0.0857. The van der Waals surface area contributed by atoms with Crippen molar-refractivity contribution in [3.05, 3.63) is 71.8 Å². The number of fused-ring (bicyclic) bond motifs is 1. The van der Waals surface area contributed by atoms with E-state index in [1.165, 1.54) is 0 Å². The van der Waals surface area contributed by atoms with E-state index in [9.17, 15) is 10.4 Å². The van der Waals surface area contributed by atoms with Crippen LogP contribution in [-0.2, 0) is 0 Å². The number of hydrogen-bond donors (Lipinski definition) is 2. The highest BCUT2D eigenvalue weighted by Gasteiger charge is 2.42. The predicted molar refractivity (Wildman–Crippen MR) is 141 cm³/mol. The molecule has 1 aromatic carbocycles. The lowest BCUT2D eigenvalue weighted by atomic mass is 9.91. The number of aromatic nitrogens is 4. The Morgan fingerprint density at radius 1 is 1.14 bits per heavy atom. The molecule has 0 bridgehead atoms. The summed E-state index contributed by atoms with van der Waals surface area (Å²) in [6, 6.07) is 16.4. The van der Waals surface area contributed by atoms with Crippen LogP contribution in [0.15, 0.2) is 55.0 Å². The molecule has 2 unspecified atom stereocenters. The van der Waals surface area contributed by atoms with Crippen LogP contribution < -0.4 is 5.32 Å². The number of nitrogens with one attached hydrogen (secondary N) is 1. The van der Waals surface area contributed by atoms with E-state index in [2.05, 4.69) is 28.3 Å². The summed E-state index contributed by atoms with van der Waals surface area (Å²) in [5.74, 6) is 1.72. The van der Waals surface area contributed by atoms with Gasteiger partial charge in [0, 0.05) is 17.4 Å². The Balaban J connectivity index is 1.42. The molecule has 2 atom stereocenters. The highest BCUT2D eigenvalue weighted by atomic mass is 16.3. The second kappa shape index (κ2) is 9.71. The van der Waals surface area contributed by atoms with E-state index in [-0.39, 0.29) is 11.3 Å². The van der Waals surface area contributed by atoms with E-state index in [0.29, 0.717) is 0 Å². The topological polar surface area (TPSA) is 99.7 Å². The van der Waals surface area contributed by atoms with Crippen molar-refractivity contribution >= 4 is 22.5 Å². The first kappa shape index (κ1) is 24.0. The van der Waals surface area contributed by atoms with Gasteiger partial charge in [0.15, 0.2) is 0 Å². The highest BCUT2D eigenvalue weighted by molar-refractivity contribution is 5.82. The molecule has 7 heteroatoms. The summed E-state index contributed by atoms with van der Waals surface area (Å²) in [4.78, 5) is 14.0. The number of anilines is 2.